The van der Waals surface area contributed by atoms with Gasteiger partial charge in [-0.2, -0.15) is 0 Å². The molecule has 0 bridgehead atoms. The summed E-state index contributed by atoms with van der Waals surface area (Å²) < 4.78 is 21.4. The van der Waals surface area contributed by atoms with Crippen LogP contribution in [0, 0.1) is 12.0 Å². The number of aromatic nitrogens is 3. The smallest absolute Gasteiger partial charge is 0.148 e. The first-order chi connectivity index (χ1) is 39.5. The van der Waals surface area contributed by atoms with Crippen LogP contribution >= 0.6 is 0 Å². The number of fused-ring (bicyclic) bond motifs is 1. The van der Waals surface area contributed by atoms with Gasteiger partial charge < -0.3 is 5.11 Å². The summed E-state index contributed by atoms with van der Waals surface area (Å²) in [4.78, 5) is 10.8. The molecule has 1 saturated carbocycles. The zero-order valence-corrected chi connectivity index (χ0v) is 49.6. The topological polar surface area (TPSA) is 50.9 Å². The Hall–Kier alpha value is -7.91. The molecule has 81 heavy (non-hydrogen) atoms. The molecule has 1 fully saturated rings. The van der Waals surface area contributed by atoms with Crippen LogP contribution in [0.15, 0.2) is 225 Å². The van der Waals surface area contributed by atoms with E-state index in [0.29, 0.717) is 17.0 Å². The molecule has 1 aliphatic rings. The number of hydrogen-bond donors (Lipinski definition) is 1. The standard InChI is InChI=1S/C76H70N3O.Pt/c1-74(2,3)63-49-66(72(80)67(50-63)75(4,5)6)73-78-71-64(33-22-34-70(71)79(73)69-40-35-52(43-51-23-20-21-24-51)44-65(69)55-27-14-9-15-28-55)58-45-57(53-25-12-8-13-26-53)46-59(47-58)68-48-56(41-42-77-68)54-36-38-62(39-37-54)76(7,60-29-16-10-17-30-60)61-31-18-11-19-32-61;/h8-19,22,25-42,44-46,48-51,80H,20-21,23-24,43H2,1-7H3;/q-1;/i43D2;. The van der Waals surface area contributed by atoms with Crippen LogP contribution in [0.1, 0.15) is 110 Å². The number of para-hydroxylation sites is 1. The molecule has 406 valence electrons. The average molecular weight is 1240 g/mol. The van der Waals surface area contributed by atoms with Crippen LogP contribution in [0.25, 0.3) is 83.9 Å². The van der Waals surface area contributed by atoms with Crippen LogP contribution in [0.2, 0.25) is 0 Å². The molecule has 4 nitrogen and oxygen atoms in total. The van der Waals surface area contributed by atoms with Gasteiger partial charge in [0, 0.05) is 52.2 Å². The summed E-state index contributed by atoms with van der Waals surface area (Å²) in [6.07, 6.45) is 4.22. The second-order valence-electron chi connectivity index (χ2n) is 24.0. The Balaban J connectivity index is 0.00000721. The van der Waals surface area contributed by atoms with Gasteiger partial charge in [-0.05, 0) is 110 Å². The number of phenolic OH excluding ortho intramolecular Hbond substituents is 1. The molecule has 1 aliphatic carbocycles. The molecule has 11 aromatic rings. The fourth-order valence-corrected chi connectivity index (χ4v) is 12.0. The van der Waals surface area contributed by atoms with Gasteiger partial charge in [-0.1, -0.05) is 260 Å². The number of nitrogens with zero attached hydrogens (tertiary/aromatic N) is 3. The maximum Gasteiger partial charge on any atom is 0.148 e. The molecule has 0 radical (unpaired) electrons. The van der Waals surface area contributed by atoms with E-state index >= 15 is 0 Å². The summed E-state index contributed by atoms with van der Waals surface area (Å²) in [5, 5.41) is 12.8. The van der Waals surface area contributed by atoms with Crippen molar-refractivity contribution in [1.82, 2.24) is 14.5 Å². The number of imidazole rings is 1. The van der Waals surface area contributed by atoms with Crippen LogP contribution < -0.4 is 0 Å². The van der Waals surface area contributed by atoms with Crippen LogP contribution in [-0.2, 0) is 43.7 Å². The first kappa shape index (κ1) is 52.5. The van der Waals surface area contributed by atoms with Gasteiger partial charge in [0.25, 0.3) is 0 Å². The van der Waals surface area contributed by atoms with Crippen LogP contribution in [0.3, 0.4) is 0 Å². The number of pyridine rings is 1. The minimum absolute atomic E-state index is 0. The second kappa shape index (κ2) is 22.6. The molecular weight excluding hydrogens is 1170 g/mol. The van der Waals surface area contributed by atoms with Crippen molar-refractivity contribution in [2.75, 3.05) is 0 Å². The van der Waals surface area contributed by atoms with Crippen molar-refractivity contribution >= 4 is 11.0 Å². The van der Waals surface area contributed by atoms with Crippen molar-refractivity contribution < 1.29 is 28.9 Å². The Morgan fingerprint density at radius 3 is 1.74 bits per heavy atom. The first-order valence-electron chi connectivity index (χ1n) is 29.4. The molecule has 2 aromatic heterocycles. The molecule has 12 rings (SSSR count). The average Bonchev–Trinajstić information content (AvgIpc) is 2.41. The Morgan fingerprint density at radius 2 is 1.11 bits per heavy atom. The Bertz CT molecular complexity index is 4060. The van der Waals surface area contributed by atoms with Crippen molar-refractivity contribution in [2.24, 2.45) is 5.92 Å². The largest absolute Gasteiger partial charge is 0.507 e. The number of phenols is 1. The van der Waals surface area contributed by atoms with Crippen LogP contribution in [0.5, 0.6) is 5.75 Å². The fraction of sp³-hybridized carbons (Fsp3) is 0.211. The zero-order chi connectivity index (χ0) is 57.0. The SMILES string of the molecule is [2H]C([2H])(c1ccc(-n2c(-c3cc(C(C)(C)C)cc(C(C)(C)C)c3O)nc3c(-c4[c-]c(-c5cc(-c6ccc(C(C)(c7ccccc7)c7ccccc7)cc6)ccn5)cc(-c5ccccc5)c4)cccc32)c(-c2ccccc2)c1)C1CCCC1.[Pt]. The zero-order valence-electron chi connectivity index (χ0n) is 49.4. The van der Waals surface area contributed by atoms with E-state index in [0.717, 1.165) is 109 Å². The van der Waals surface area contributed by atoms with E-state index < -0.39 is 11.8 Å². The predicted molar refractivity (Wildman–Crippen MR) is 333 cm³/mol. The number of hydrogen-bond acceptors (Lipinski definition) is 3. The Labute approximate surface area is 496 Å². The molecule has 0 saturated heterocycles. The summed E-state index contributed by atoms with van der Waals surface area (Å²) in [5.74, 6) is 0.727. The first-order valence-corrected chi connectivity index (χ1v) is 28.4. The predicted octanol–water partition coefficient (Wildman–Crippen LogP) is 19.6. The molecule has 1 N–H and O–H groups in total. The van der Waals surface area contributed by atoms with Gasteiger partial charge in [-0.3, -0.25) is 9.55 Å². The normalized spacial score (nSPS) is 13.7. The third kappa shape index (κ3) is 10.9. The van der Waals surface area contributed by atoms with Crippen molar-refractivity contribution in [3.05, 3.63) is 264 Å². The van der Waals surface area contributed by atoms with Crippen LogP contribution in [-0.4, -0.2) is 19.6 Å². The molecular formula is C76H70N3OPt-. The summed E-state index contributed by atoms with van der Waals surface area (Å²) in [6, 6.07) is 80.5. The van der Waals surface area contributed by atoms with Crippen molar-refractivity contribution in [1.29, 1.82) is 0 Å². The van der Waals surface area contributed by atoms with E-state index in [9.17, 15) is 7.85 Å². The van der Waals surface area contributed by atoms with E-state index in [2.05, 4.69) is 247 Å². The number of benzene rings is 9. The van der Waals surface area contributed by atoms with Gasteiger partial charge in [-0.25, -0.2) is 4.98 Å². The molecule has 0 amide bonds. The summed E-state index contributed by atoms with van der Waals surface area (Å²) in [6.45, 7) is 15.4. The van der Waals surface area contributed by atoms with Crippen molar-refractivity contribution in [3.63, 3.8) is 0 Å². The molecule has 0 spiro atoms. The minimum atomic E-state index is -1.52. The van der Waals surface area contributed by atoms with E-state index in [1.807, 2.05) is 36.5 Å². The number of aromatic hydroxyl groups is 1. The van der Waals surface area contributed by atoms with Gasteiger partial charge in [-0.15, -0.1) is 23.8 Å². The summed E-state index contributed by atoms with van der Waals surface area (Å²) in [5.41, 5.74) is 17.7. The monoisotopic (exact) mass is 1240 g/mol. The summed E-state index contributed by atoms with van der Waals surface area (Å²) in [7, 11) is 0. The van der Waals surface area contributed by atoms with Crippen LogP contribution in [0.4, 0.5) is 0 Å². The Morgan fingerprint density at radius 1 is 0.519 bits per heavy atom. The van der Waals surface area contributed by atoms with E-state index in [-0.39, 0.29) is 43.6 Å². The van der Waals surface area contributed by atoms with E-state index in [4.69, 9.17) is 9.97 Å². The Kier molecular flexibility index (Phi) is 14.6. The quantitative estimate of drug-likeness (QED) is 0.0980. The van der Waals surface area contributed by atoms with E-state index in [1.54, 1.807) is 0 Å². The second-order valence-corrected chi connectivity index (χ2v) is 24.0. The van der Waals surface area contributed by atoms with Gasteiger partial charge in [0.15, 0.2) is 0 Å². The third-order valence-corrected chi connectivity index (χ3v) is 16.6. The molecule has 0 aliphatic heterocycles. The molecule has 2 heterocycles. The third-order valence-electron chi connectivity index (χ3n) is 16.6. The summed E-state index contributed by atoms with van der Waals surface area (Å²) >= 11 is 0. The van der Waals surface area contributed by atoms with Gasteiger partial charge in [0.05, 0.1) is 22.3 Å². The maximum absolute atomic E-state index is 12.8. The molecule has 0 unspecified atom stereocenters. The van der Waals surface area contributed by atoms with Crippen molar-refractivity contribution in [3.8, 4) is 78.6 Å². The number of rotatable bonds is 12. The van der Waals surface area contributed by atoms with E-state index in [1.165, 1.54) is 16.7 Å². The fourth-order valence-electron chi connectivity index (χ4n) is 12.0. The maximum atomic E-state index is 12.8. The van der Waals surface area contributed by atoms with Crippen molar-refractivity contribution in [2.45, 2.75) is 96.8 Å². The van der Waals surface area contributed by atoms with Gasteiger partial charge in [0.1, 0.15) is 11.6 Å². The van der Waals surface area contributed by atoms with Gasteiger partial charge >= 0.3 is 0 Å². The minimum Gasteiger partial charge on any atom is -0.507 e. The molecule has 0 atom stereocenters. The van der Waals surface area contributed by atoms with Gasteiger partial charge in [0.2, 0.25) is 0 Å². The molecule has 9 aromatic carbocycles. The molecule has 5 heteroatoms.